The predicted octanol–water partition coefficient (Wildman–Crippen LogP) is -0.383. The molecule has 2 rings (SSSR count). The molecule has 1 unspecified atom stereocenters. The monoisotopic (exact) mass is 221 g/mol. The van der Waals surface area contributed by atoms with Gasteiger partial charge in [-0.05, 0) is 17.7 Å². The van der Waals surface area contributed by atoms with Crippen molar-refractivity contribution in [3.05, 3.63) is 34.3 Å². The lowest BCUT2D eigenvalue weighted by atomic mass is 10.1. The zero-order valence-corrected chi connectivity index (χ0v) is 8.64. The predicted molar refractivity (Wildman–Crippen MR) is 57.6 cm³/mol. The van der Waals surface area contributed by atoms with Gasteiger partial charge in [0.1, 0.15) is 6.04 Å². The molecule has 16 heavy (non-hydrogen) atoms. The third-order valence-electron chi connectivity index (χ3n) is 2.48. The van der Waals surface area contributed by atoms with Crippen LogP contribution in [0.25, 0.3) is 11.1 Å². The van der Waals surface area contributed by atoms with Crippen molar-refractivity contribution in [2.24, 2.45) is 18.5 Å². The molecule has 4 N–H and O–H groups in total. The van der Waals surface area contributed by atoms with E-state index in [1.165, 1.54) is 4.57 Å². The van der Waals surface area contributed by atoms with Gasteiger partial charge >= 0.3 is 5.76 Å². The average molecular weight is 221 g/mol. The molecule has 0 radical (unpaired) electrons. The number of rotatable bonds is 2. The Morgan fingerprint density at radius 1 is 1.50 bits per heavy atom. The molecule has 84 valence electrons. The van der Waals surface area contributed by atoms with Crippen LogP contribution in [0.3, 0.4) is 0 Å². The molecule has 1 aromatic carbocycles. The summed E-state index contributed by atoms with van der Waals surface area (Å²) in [5.41, 5.74) is 12.2. The summed E-state index contributed by atoms with van der Waals surface area (Å²) < 4.78 is 6.34. The molecule has 1 amide bonds. The number of primary amides is 1. The fourth-order valence-corrected chi connectivity index (χ4v) is 1.51. The van der Waals surface area contributed by atoms with Gasteiger partial charge in [0.05, 0.1) is 5.52 Å². The Labute approximate surface area is 90.4 Å². The maximum Gasteiger partial charge on any atom is 0.419 e. The number of hydrogen-bond donors (Lipinski definition) is 2. The molecule has 1 heterocycles. The van der Waals surface area contributed by atoms with E-state index in [1.807, 2.05) is 0 Å². The van der Waals surface area contributed by atoms with Gasteiger partial charge in [0.15, 0.2) is 5.58 Å². The van der Waals surface area contributed by atoms with Crippen molar-refractivity contribution >= 4 is 17.0 Å². The standard InChI is InChI=1S/C10H11N3O3/c1-13-6-3-2-5(8(11)9(12)14)4-7(6)16-10(13)15/h2-4,8H,11H2,1H3,(H2,12,14). The number of benzene rings is 1. The van der Waals surface area contributed by atoms with Crippen molar-refractivity contribution in [2.45, 2.75) is 6.04 Å². The number of aromatic nitrogens is 1. The molecule has 0 aliphatic rings. The zero-order chi connectivity index (χ0) is 11.9. The number of carbonyl (C=O) groups is 1. The van der Waals surface area contributed by atoms with E-state index in [0.29, 0.717) is 16.7 Å². The number of amides is 1. The first kappa shape index (κ1) is 10.4. The zero-order valence-electron chi connectivity index (χ0n) is 8.64. The number of nitrogens with zero attached hydrogens (tertiary/aromatic N) is 1. The molecule has 0 bridgehead atoms. The van der Waals surface area contributed by atoms with Crippen molar-refractivity contribution in [3.63, 3.8) is 0 Å². The molecule has 0 fully saturated rings. The van der Waals surface area contributed by atoms with Gasteiger partial charge in [-0.1, -0.05) is 6.07 Å². The topological polar surface area (TPSA) is 104 Å². The van der Waals surface area contributed by atoms with E-state index in [2.05, 4.69) is 0 Å². The van der Waals surface area contributed by atoms with E-state index >= 15 is 0 Å². The van der Waals surface area contributed by atoms with Crippen molar-refractivity contribution in [3.8, 4) is 0 Å². The number of carbonyl (C=O) groups excluding carboxylic acids is 1. The van der Waals surface area contributed by atoms with Crippen LogP contribution < -0.4 is 17.2 Å². The van der Waals surface area contributed by atoms with Gasteiger partial charge in [-0.2, -0.15) is 0 Å². The van der Waals surface area contributed by atoms with Crippen LogP contribution in [0.15, 0.2) is 27.4 Å². The van der Waals surface area contributed by atoms with E-state index in [-0.39, 0.29) is 0 Å². The number of fused-ring (bicyclic) bond motifs is 1. The fourth-order valence-electron chi connectivity index (χ4n) is 1.51. The molecule has 2 aromatic rings. The summed E-state index contributed by atoms with van der Waals surface area (Å²) in [6.45, 7) is 0. The van der Waals surface area contributed by atoms with E-state index in [9.17, 15) is 9.59 Å². The molecule has 6 nitrogen and oxygen atoms in total. The lowest BCUT2D eigenvalue weighted by Gasteiger charge is -2.06. The molecule has 0 saturated carbocycles. The van der Waals surface area contributed by atoms with Crippen molar-refractivity contribution < 1.29 is 9.21 Å². The van der Waals surface area contributed by atoms with Crippen LogP contribution in [-0.2, 0) is 11.8 Å². The second kappa shape index (κ2) is 3.49. The minimum absolute atomic E-state index is 0.390. The van der Waals surface area contributed by atoms with E-state index < -0.39 is 17.7 Å². The Balaban J connectivity index is 2.61. The van der Waals surface area contributed by atoms with Crippen molar-refractivity contribution in [1.82, 2.24) is 4.57 Å². The van der Waals surface area contributed by atoms with Gasteiger partial charge in [-0.25, -0.2) is 4.79 Å². The Morgan fingerprint density at radius 3 is 2.81 bits per heavy atom. The molecule has 6 heteroatoms. The molecule has 0 aliphatic heterocycles. The number of aryl methyl sites for hydroxylation is 1. The van der Waals surface area contributed by atoms with Crippen molar-refractivity contribution in [1.29, 1.82) is 0 Å². The van der Waals surface area contributed by atoms with Gasteiger partial charge in [-0.3, -0.25) is 9.36 Å². The SMILES string of the molecule is Cn1c(=O)oc2cc(C(N)C(N)=O)ccc21. The maximum absolute atomic E-state index is 11.2. The summed E-state index contributed by atoms with van der Waals surface area (Å²) in [5.74, 6) is -1.09. The number of hydrogen-bond acceptors (Lipinski definition) is 4. The Kier molecular flexibility index (Phi) is 2.28. The largest absolute Gasteiger partial charge is 0.419 e. The number of oxazole rings is 1. The van der Waals surface area contributed by atoms with Crippen LogP contribution in [-0.4, -0.2) is 10.5 Å². The highest BCUT2D eigenvalue weighted by molar-refractivity contribution is 5.83. The summed E-state index contributed by atoms with van der Waals surface area (Å²) in [4.78, 5) is 22.1. The van der Waals surface area contributed by atoms with Crippen LogP contribution in [0.1, 0.15) is 11.6 Å². The van der Waals surface area contributed by atoms with Gasteiger partial charge in [0.25, 0.3) is 0 Å². The first-order valence-corrected chi connectivity index (χ1v) is 4.65. The molecule has 0 aliphatic carbocycles. The Bertz CT molecular complexity index is 611. The Morgan fingerprint density at radius 2 is 2.19 bits per heavy atom. The third kappa shape index (κ3) is 1.49. The van der Waals surface area contributed by atoms with Crippen LogP contribution in [0.5, 0.6) is 0 Å². The summed E-state index contributed by atoms with van der Waals surface area (Å²) in [6, 6.07) is 3.96. The lowest BCUT2D eigenvalue weighted by Crippen LogP contribution is -2.28. The highest BCUT2D eigenvalue weighted by Gasteiger charge is 2.14. The Hall–Kier alpha value is -2.08. The highest BCUT2D eigenvalue weighted by Crippen LogP contribution is 2.17. The van der Waals surface area contributed by atoms with Gasteiger partial charge in [-0.15, -0.1) is 0 Å². The van der Waals surface area contributed by atoms with Gasteiger partial charge in [0.2, 0.25) is 5.91 Å². The molecule has 0 saturated heterocycles. The van der Waals surface area contributed by atoms with Gasteiger partial charge in [0, 0.05) is 7.05 Å². The fraction of sp³-hybridized carbons (Fsp3) is 0.200. The molecular formula is C10H11N3O3. The quantitative estimate of drug-likeness (QED) is 0.720. The second-order valence-electron chi connectivity index (χ2n) is 3.53. The van der Waals surface area contributed by atoms with Crippen LogP contribution in [0.4, 0.5) is 0 Å². The van der Waals surface area contributed by atoms with Gasteiger partial charge < -0.3 is 15.9 Å². The number of nitrogens with two attached hydrogens (primary N) is 2. The van der Waals surface area contributed by atoms with E-state index in [1.54, 1.807) is 25.2 Å². The first-order chi connectivity index (χ1) is 7.50. The lowest BCUT2D eigenvalue weighted by molar-refractivity contribution is -0.119. The van der Waals surface area contributed by atoms with Crippen LogP contribution >= 0.6 is 0 Å². The summed E-state index contributed by atoms with van der Waals surface area (Å²) in [7, 11) is 1.60. The smallest absolute Gasteiger partial charge is 0.408 e. The maximum atomic E-state index is 11.2. The molecular weight excluding hydrogens is 210 g/mol. The average Bonchev–Trinajstić information content (AvgIpc) is 2.53. The first-order valence-electron chi connectivity index (χ1n) is 4.65. The minimum Gasteiger partial charge on any atom is -0.408 e. The molecule has 1 aromatic heterocycles. The van der Waals surface area contributed by atoms with E-state index in [4.69, 9.17) is 15.9 Å². The minimum atomic E-state index is -0.894. The third-order valence-corrected chi connectivity index (χ3v) is 2.48. The summed E-state index contributed by atoms with van der Waals surface area (Å²) in [5, 5.41) is 0. The van der Waals surface area contributed by atoms with Crippen molar-refractivity contribution in [2.75, 3.05) is 0 Å². The van der Waals surface area contributed by atoms with E-state index in [0.717, 1.165) is 0 Å². The van der Waals surface area contributed by atoms with Crippen LogP contribution in [0, 0.1) is 0 Å². The normalized spacial score (nSPS) is 12.9. The summed E-state index contributed by atoms with van der Waals surface area (Å²) >= 11 is 0. The second-order valence-corrected chi connectivity index (χ2v) is 3.53. The summed E-state index contributed by atoms with van der Waals surface area (Å²) in [6.07, 6.45) is 0. The van der Waals surface area contributed by atoms with Crippen LogP contribution in [0.2, 0.25) is 0 Å². The highest BCUT2D eigenvalue weighted by atomic mass is 16.4. The molecule has 1 atom stereocenters. The molecule has 0 spiro atoms.